The van der Waals surface area contributed by atoms with Gasteiger partial charge in [0.15, 0.2) is 11.6 Å². The number of ether oxygens (including phenoxy) is 3. The molecule has 0 bridgehead atoms. The third-order valence-corrected chi connectivity index (χ3v) is 13.3. The molecule has 2 aliphatic heterocycles. The number of carboxylic acids is 1. The standard InChI is InChI=1S/C30H41F3N6O5.C26H33F3N6O5/c1-7-37(8-2)27-34-19-23(39(9-3)26(41)30(31,32)33)24(36-27)35-22(25(40)44-29(4,5)6)18-20-12-14-21(15-13-20)43-28(42)38-16-10-11-17-38;1-4-33(5-2)24-30-16-20(35(6-3)23(38)26(27,28)29)21(32-24)31-19(22(36)37)15-17-9-11-18(12-10-17)40-25(39)34-13-7-8-14-34/h12-15,19,22H,7-11,16-18H2,1-6H3,(H,34,35,36);9-12,16,19H,4-8,13-15H2,1-3H3,(H,36,37)(H,30,31,32)/t22-;19-/m11/s1. The molecule has 2 aromatic heterocycles. The summed E-state index contributed by atoms with van der Waals surface area (Å²) in [7, 11) is 0. The normalized spacial score (nSPS) is 14.1. The van der Waals surface area contributed by atoms with E-state index in [2.05, 4.69) is 30.6 Å². The molecule has 0 aliphatic carbocycles. The number of hydrogen-bond acceptors (Lipinski definition) is 17. The van der Waals surface area contributed by atoms with Crippen LogP contribution in [-0.4, -0.2) is 166 Å². The van der Waals surface area contributed by atoms with Crippen molar-refractivity contribution in [2.24, 2.45) is 0 Å². The van der Waals surface area contributed by atoms with E-state index in [1.807, 2.05) is 27.7 Å². The van der Waals surface area contributed by atoms with Gasteiger partial charge < -0.3 is 59.4 Å². The molecule has 2 aromatic carbocycles. The van der Waals surface area contributed by atoms with Crippen LogP contribution in [0.4, 0.5) is 70.8 Å². The number of halogens is 6. The Morgan fingerprint density at radius 1 is 0.560 bits per heavy atom. The van der Waals surface area contributed by atoms with Gasteiger partial charge in [-0.15, -0.1) is 0 Å². The van der Waals surface area contributed by atoms with Crippen molar-refractivity contribution < 1.29 is 74.4 Å². The van der Waals surface area contributed by atoms with Crippen LogP contribution in [0.25, 0.3) is 0 Å². The number of carboxylic acid groups (broad SMARTS) is 1. The summed E-state index contributed by atoms with van der Waals surface area (Å²) >= 11 is 0. The van der Waals surface area contributed by atoms with Gasteiger partial charge >= 0.3 is 48.3 Å². The topological polar surface area (TPSA) is 245 Å². The molecule has 0 saturated carbocycles. The molecule has 0 radical (unpaired) electrons. The Bertz CT molecular complexity index is 2860. The summed E-state index contributed by atoms with van der Waals surface area (Å²) in [5.74, 6) is -5.52. The molecule has 2 saturated heterocycles. The molecule has 0 unspecified atom stereocenters. The molecule has 2 atom stereocenters. The van der Waals surface area contributed by atoms with E-state index in [0.717, 1.165) is 38.1 Å². The molecule has 4 aromatic rings. The molecule has 2 fully saturated rings. The van der Waals surface area contributed by atoms with E-state index >= 15 is 0 Å². The van der Waals surface area contributed by atoms with Crippen molar-refractivity contribution in [2.45, 2.75) is 131 Å². The van der Waals surface area contributed by atoms with Crippen LogP contribution in [-0.2, 0) is 36.8 Å². The molecule has 460 valence electrons. The number of aromatic nitrogens is 4. The number of esters is 1. The number of hydrogen-bond donors (Lipinski definition) is 3. The molecule has 6 rings (SSSR count). The predicted molar refractivity (Wildman–Crippen MR) is 302 cm³/mol. The van der Waals surface area contributed by atoms with Crippen molar-refractivity contribution >= 4 is 70.8 Å². The van der Waals surface area contributed by atoms with Crippen LogP contribution in [0.5, 0.6) is 11.5 Å². The van der Waals surface area contributed by atoms with Crippen LogP contribution in [0, 0.1) is 0 Å². The number of rotatable bonds is 22. The van der Waals surface area contributed by atoms with Crippen LogP contribution in [0.15, 0.2) is 60.9 Å². The minimum atomic E-state index is -5.16. The Kier molecular flexibility index (Phi) is 23.7. The molecule has 3 N–H and O–H groups in total. The van der Waals surface area contributed by atoms with Gasteiger partial charge in [0.05, 0.1) is 12.4 Å². The fourth-order valence-electron chi connectivity index (χ4n) is 8.90. The van der Waals surface area contributed by atoms with E-state index in [1.165, 1.54) is 26.0 Å². The molecule has 4 heterocycles. The van der Waals surface area contributed by atoms with E-state index in [1.54, 1.807) is 76.8 Å². The van der Waals surface area contributed by atoms with Gasteiger partial charge in [0.1, 0.15) is 40.6 Å². The third kappa shape index (κ3) is 18.7. The quantitative estimate of drug-likeness (QED) is 0.0490. The number of aliphatic carboxylic acids is 1. The Morgan fingerprint density at radius 2 is 0.905 bits per heavy atom. The van der Waals surface area contributed by atoms with Crippen molar-refractivity contribution in [1.29, 1.82) is 0 Å². The van der Waals surface area contributed by atoms with Gasteiger partial charge in [0.25, 0.3) is 0 Å². The van der Waals surface area contributed by atoms with Crippen molar-refractivity contribution in [3.63, 3.8) is 0 Å². The lowest BCUT2D eigenvalue weighted by atomic mass is 10.0. The lowest BCUT2D eigenvalue weighted by Gasteiger charge is -2.29. The molecule has 4 amide bonds. The van der Waals surface area contributed by atoms with Gasteiger partial charge in [-0.05, 0) is 123 Å². The second-order valence-electron chi connectivity index (χ2n) is 20.3. The fraction of sp³-hybridized carbons (Fsp3) is 0.536. The van der Waals surface area contributed by atoms with Gasteiger partial charge in [0, 0.05) is 78.3 Å². The molecule has 84 heavy (non-hydrogen) atoms. The minimum Gasteiger partial charge on any atom is -0.480 e. The lowest BCUT2D eigenvalue weighted by Crippen LogP contribution is -2.43. The maximum atomic E-state index is 13.5. The summed E-state index contributed by atoms with van der Waals surface area (Å²) in [5, 5.41) is 15.6. The zero-order chi connectivity index (χ0) is 62.1. The predicted octanol–water partition coefficient (Wildman–Crippen LogP) is 9.14. The number of likely N-dealkylation sites (tertiary alicyclic amines) is 2. The molecule has 0 spiro atoms. The first-order valence-electron chi connectivity index (χ1n) is 27.8. The number of benzene rings is 2. The highest BCUT2D eigenvalue weighted by Crippen LogP contribution is 2.33. The van der Waals surface area contributed by atoms with Gasteiger partial charge in [-0.25, -0.2) is 29.1 Å². The van der Waals surface area contributed by atoms with Crippen LogP contribution in [0.1, 0.15) is 99.1 Å². The van der Waals surface area contributed by atoms with Crippen LogP contribution in [0.3, 0.4) is 0 Å². The summed E-state index contributed by atoms with van der Waals surface area (Å²) < 4.78 is 96.9. The summed E-state index contributed by atoms with van der Waals surface area (Å²) in [6, 6.07) is 10.4. The zero-order valence-corrected chi connectivity index (χ0v) is 48.6. The van der Waals surface area contributed by atoms with Crippen molar-refractivity contribution in [1.82, 2.24) is 29.7 Å². The summed E-state index contributed by atoms with van der Waals surface area (Å²) in [6.45, 7) is 19.1. The number of carbonyl (C=O) groups excluding carboxylic acids is 5. The number of anilines is 6. The number of amides is 4. The Morgan fingerprint density at radius 3 is 1.21 bits per heavy atom. The average molecular weight is 1190 g/mol. The van der Waals surface area contributed by atoms with Gasteiger partial charge in [-0.2, -0.15) is 36.3 Å². The highest BCUT2D eigenvalue weighted by molar-refractivity contribution is 6.00. The molecular formula is C56H74F6N12O10. The van der Waals surface area contributed by atoms with E-state index < -0.39 is 66.0 Å². The van der Waals surface area contributed by atoms with Crippen molar-refractivity contribution in [3.05, 3.63) is 72.1 Å². The van der Waals surface area contributed by atoms with Gasteiger partial charge in [-0.1, -0.05) is 24.3 Å². The fourth-order valence-corrected chi connectivity index (χ4v) is 8.90. The molecular weight excluding hydrogens is 1110 g/mol. The number of alkyl halides is 6. The highest BCUT2D eigenvalue weighted by Gasteiger charge is 2.45. The monoisotopic (exact) mass is 1190 g/mol. The largest absolute Gasteiger partial charge is 0.480 e. The average Bonchev–Trinajstić information content (AvgIpc) is 4.05. The van der Waals surface area contributed by atoms with Gasteiger partial charge in [-0.3, -0.25) is 9.59 Å². The SMILES string of the molecule is CCN(CC)c1ncc(N(CC)C(=O)C(F)(F)F)c(N[C@H](Cc2ccc(OC(=O)N3CCCC3)cc2)C(=O)O)n1.CCN(CC)c1ncc(N(CC)C(=O)C(F)(F)F)c(N[C@H](Cc2ccc(OC(=O)N3CCCC3)cc2)C(=O)OC(C)(C)C)n1. The molecule has 28 heteroatoms. The van der Waals surface area contributed by atoms with Crippen molar-refractivity contribution in [3.8, 4) is 11.5 Å². The van der Waals surface area contributed by atoms with Crippen LogP contribution < -0.4 is 39.7 Å². The highest BCUT2D eigenvalue weighted by atomic mass is 19.4. The second kappa shape index (κ2) is 29.9. The van der Waals surface area contributed by atoms with E-state index in [4.69, 9.17) is 14.2 Å². The van der Waals surface area contributed by atoms with E-state index in [-0.39, 0.29) is 60.8 Å². The Hall–Kier alpha value is -8.20. The van der Waals surface area contributed by atoms with E-state index in [0.29, 0.717) is 84.8 Å². The molecule has 22 nitrogen and oxygen atoms in total. The third-order valence-electron chi connectivity index (χ3n) is 13.3. The van der Waals surface area contributed by atoms with Crippen LogP contribution >= 0.6 is 0 Å². The Labute approximate surface area is 483 Å². The molecule has 2 aliphatic rings. The number of nitrogens with one attached hydrogen (secondary N) is 2. The number of nitrogens with zero attached hydrogens (tertiary/aromatic N) is 10. The summed E-state index contributed by atoms with van der Waals surface area (Å²) in [4.78, 5) is 99.5. The van der Waals surface area contributed by atoms with Crippen LogP contribution in [0.2, 0.25) is 0 Å². The summed E-state index contributed by atoms with van der Waals surface area (Å²) in [6.07, 6.45) is -5.31. The first kappa shape index (κ1) is 66.6. The zero-order valence-electron chi connectivity index (χ0n) is 48.6. The minimum absolute atomic E-state index is 0.0403. The summed E-state index contributed by atoms with van der Waals surface area (Å²) in [5.41, 5.74) is -0.195. The first-order valence-corrected chi connectivity index (χ1v) is 27.8. The Balaban J connectivity index is 0.000000309. The van der Waals surface area contributed by atoms with E-state index in [9.17, 15) is 60.2 Å². The second-order valence-corrected chi connectivity index (χ2v) is 20.3. The van der Waals surface area contributed by atoms with Crippen molar-refractivity contribution in [2.75, 3.05) is 95.7 Å². The maximum absolute atomic E-state index is 13.5. The van der Waals surface area contributed by atoms with Gasteiger partial charge in [0.2, 0.25) is 11.9 Å². The maximum Gasteiger partial charge on any atom is 0.471 e. The lowest BCUT2D eigenvalue weighted by molar-refractivity contribution is -0.170. The smallest absolute Gasteiger partial charge is 0.471 e. The first-order chi connectivity index (χ1) is 39.6. The number of carbonyl (C=O) groups is 6.